The molecular formula is C17H23N3O2S2. The minimum Gasteiger partial charge on any atom is -0.246 e. The molecule has 1 saturated heterocycles. The van der Waals surface area contributed by atoms with Gasteiger partial charge >= 0.3 is 0 Å². The lowest BCUT2D eigenvalue weighted by Gasteiger charge is -2.41. The highest BCUT2D eigenvalue weighted by molar-refractivity contribution is 7.86. The predicted octanol–water partition coefficient (Wildman–Crippen LogP) is 2.64. The van der Waals surface area contributed by atoms with Crippen molar-refractivity contribution in [1.82, 2.24) is 13.6 Å². The van der Waals surface area contributed by atoms with Crippen LogP contribution in [0.15, 0.2) is 35.7 Å². The molecule has 1 fully saturated rings. The molecule has 7 heteroatoms. The molecule has 0 unspecified atom stereocenters. The fourth-order valence-electron chi connectivity index (χ4n) is 3.36. The lowest BCUT2D eigenvalue weighted by Crippen LogP contribution is -2.49. The van der Waals surface area contributed by atoms with E-state index in [0.717, 1.165) is 23.5 Å². The summed E-state index contributed by atoms with van der Waals surface area (Å²) in [5.41, 5.74) is 2.08. The number of aromatic nitrogens is 1. The number of piperidine rings is 1. The quantitative estimate of drug-likeness (QED) is 0.837. The van der Waals surface area contributed by atoms with Crippen LogP contribution >= 0.6 is 11.3 Å². The van der Waals surface area contributed by atoms with E-state index in [9.17, 15) is 8.42 Å². The fourth-order valence-corrected chi connectivity index (χ4v) is 5.18. The second-order valence-corrected chi connectivity index (χ2v) is 9.59. The molecule has 1 aliphatic heterocycles. The Morgan fingerprint density at radius 1 is 1.17 bits per heavy atom. The molecule has 0 saturated carbocycles. The summed E-state index contributed by atoms with van der Waals surface area (Å²) >= 11 is 1.65. The van der Waals surface area contributed by atoms with Crippen molar-refractivity contribution in [3.8, 4) is 0 Å². The molecule has 1 aliphatic rings. The molecule has 0 aliphatic carbocycles. The molecule has 0 amide bonds. The Morgan fingerprint density at radius 2 is 1.79 bits per heavy atom. The average Bonchev–Trinajstić information content (AvgIpc) is 3.02. The highest BCUT2D eigenvalue weighted by Crippen LogP contribution is 2.42. The molecule has 0 N–H and O–H groups in total. The van der Waals surface area contributed by atoms with Gasteiger partial charge in [0.25, 0.3) is 10.2 Å². The van der Waals surface area contributed by atoms with Crippen LogP contribution < -0.4 is 0 Å². The Bertz CT molecular complexity index is 792. The van der Waals surface area contributed by atoms with Gasteiger partial charge in [-0.3, -0.25) is 0 Å². The minimum atomic E-state index is -3.36. The molecular weight excluding hydrogens is 342 g/mol. The third-order valence-electron chi connectivity index (χ3n) is 4.80. The normalized spacial score (nSPS) is 18.8. The minimum absolute atomic E-state index is 0.204. The number of hydrogen-bond donors (Lipinski definition) is 0. The molecule has 3 rings (SSSR count). The first-order valence-electron chi connectivity index (χ1n) is 8.02. The Morgan fingerprint density at radius 3 is 2.29 bits per heavy atom. The van der Waals surface area contributed by atoms with Crippen LogP contribution in [0.3, 0.4) is 0 Å². The predicted molar refractivity (Wildman–Crippen MR) is 97.5 cm³/mol. The van der Waals surface area contributed by atoms with E-state index in [0.29, 0.717) is 13.1 Å². The van der Waals surface area contributed by atoms with Crippen molar-refractivity contribution in [2.24, 2.45) is 0 Å². The second-order valence-electron chi connectivity index (χ2n) is 6.39. The van der Waals surface area contributed by atoms with Gasteiger partial charge < -0.3 is 0 Å². The van der Waals surface area contributed by atoms with Crippen molar-refractivity contribution < 1.29 is 8.42 Å². The van der Waals surface area contributed by atoms with Crippen molar-refractivity contribution in [3.05, 3.63) is 52.0 Å². The molecule has 0 bridgehead atoms. The Kier molecular flexibility index (Phi) is 4.79. The van der Waals surface area contributed by atoms with E-state index in [2.05, 4.69) is 17.5 Å². The van der Waals surface area contributed by atoms with Crippen LogP contribution in [0, 0.1) is 6.92 Å². The second kappa shape index (κ2) is 6.55. The summed E-state index contributed by atoms with van der Waals surface area (Å²) in [6.45, 7) is 3.02. The summed E-state index contributed by atoms with van der Waals surface area (Å²) < 4.78 is 27.7. The van der Waals surface area contributed by atoms with Gasteiger partial charge in [-0.05, 0) is 25.3 Å². The summed E-state index contributed by atoms with van der Waals surface area (Å²) in [6, 6.07) is 10.4. The first-order chi connectivity index (χ1) is 11.4. The van der Waals surface area contributed by atoms with Crippen LogP contribution in [0.1, 0.15) is 29.1 Å². The highest BCUT2D eigenvalue weighted by atomic mass is 32.2. The van der Waals surface area contributed by atoms with Gasteiger partial charge in [0.05, 0.1) is 10.7 Å². The summed E-state index contributed by atoms with van der Waals surface area (Å²) in [7, 11) is -0.197. The fraction of sp³-hybridized carbons (Fsp3) is 0.471. The van der Waals surface area contributed by atoms with Crippen molar-refractivity contribution in [2.45, 2.75) is 25.2 Å². The zero-order chi connectivity index (χ0) is 17.4. The van der Waals surface area contributed by atoms with Gasteiger partial charge in [0.15, 0.2) is 0 Å². The maximum Gasteiger partial charge on any atom is 0.281 e. The number of thiazole rings is 1. The van der Waals surface area contributed by atoms with Crippen molar-refractivity contribution >= 4 is 21.5 Å². The SMILES string of the molecule is Cc1nc(C2(c3ccccc3)CCN(S(=O)(=O)N(C)C)CC2)cs1. The maximum atomic E-state index is 12.4. The zero-order valence-corrected chi connectivity index (χ0v) is 15.9. The van der Waals surface area contributed by atoms with Crippen molar-refractivity contribution in [1.29, 1.82) is 0 Å². The molecule has 2 aromatic rings. The first-order valence-corrected chi connectivity index (χ1v) is 10.3. The Labute approximate surface area is 148 Å². The maximum absolute atomic E-state index is 12.4. The number of nitrogens with zero attached hydrogens (tertiary/aromatic N) is 3. The lowest BCUT2D eigenvalue weighted by atomic mass is 9.71. The third kappa shape index (κ3) is 3.01. The number of rotatable bonds is 4. The molecule has 0 atom stereocenters. The molecule has 5 nitrogen and oxygen atoms in total. The Hall–Kier alpha value is -1.28. The monoisotopic (exact) mass is 365 g/mol. The van der Waals surface area contributed by atoms with Gasteiger partial charge in [0.2, 0.25) is 0 Å². The van der Waals surface area contributed by atoms with Gasteiger partial charge in [-0.25, -0.2) is 4.98 Å². The molecule has 2 heterocycles. The average molecular weight is 366 g/mol. The van der Waals surface area contributed by atoms with Gasteiger partial charge in [0.1, 0.15) is 0 Å². The standard InChI is InChI=1S/C17H23N3O2S2/c1-14-18-16(13-23-14)17(15-7-5-4-6-8-15)9-11-20(12-10-17)24(21,22)19(2)3/h4-8,13H,9-12H2,1-3H3. The number of aryl methyl sites for hydroxylation is 1. The van der Waals surface area contributed by atoms with E-state index in [-0.39, 0.29) is 5.41 Å². The summed E-state index contributed by atoms with van der Waals surface area (Å²) in [4.78, 5) is 4.75. The number of benzene rings is 1. The van der Waals surface area contributed by atoms with E-state index in [1.165, 1.54) is 9.87 Å². The molecule has 130 valence electrons. The molecule has 24 heavy (non-hydrogen) atoms. The van der Waals surface area contributed by atoms with Gasteiger partial charge in [0, 0.05) is 38.0 Å². The van der Waals surface area contributed by atoms with Crippen LogP contribution in [-0.2, 0) is 15.6 Å². The van der Waals surface area contributed by atoms with Crippen LogP contribution in [-0.4, -0.2) is 49.2 Å². The van der Waals surface area contributed by atoms with Crippen molar-refractivity contribution in [2.75, 3.05) is 27.2 Å². The smallest absolute Gasteiger partial charge is 0.246 e. The van der Waals surface area contributed by atoms with Gasteiger partial charge in [-0.1, -0.05) is 30.3 Å². The lowest BCUT2D eigenvalue weighted by molar-refractivity contribution is 0.252. The van der Waals surface area contributed by atoms with E-state index in [4.69, 9.17) is 4.98 Å². The first kappa shape index (κ1) is 17.5. The number of hydrogen-bond acceptors (Lipinski definition) is 4. The Balaban J connectivity index is 1.96. The summed E-state index contributed by atoms with van der Waals surface area (Å²) in [5, 5.41) is 3.17. The van der Waals surface area contributed by atoms with E-state index in [1.807, 2.05) is 25.1 Å². The topological polar surface area (TPSA) is 53.5 Å². The van der Waals surface area contributed by atoms with E-state index < -0.39 is 10.2 Å². The molecule has 1 aromatic carbocycles. The van der Waals surface area contributed by atoms with E-state index >= 15 is 0 Å². The zero-order valence-electron chi connectivity index (χ0n) is 14.3. The summed E-state index contributed by atoms with van der Waals surface area (Å²) in [6.07, 6.45) is 1.49. The molecule has 0 radical (unpaired) electrons. The molecule has 1 aromatic heterocycles. The summed E-state index contributed by atoms with van der Waals surface area (Å²) in [5.74, 6) is 0. The van der Waals surface area contributed by atoms with Crippen LogP contribution in [0.5, 0.6) is 0 Å². The van der Waals surface area contributed by atoms with Gasteiger partial charge in [-0.15, -0.1) is 11.3 Å². The van der Waals surface area contributed by atoms with Crippen molar-refractivity contribution in [3.63, 3.8) is 0 Å². The van der Waals surface area contributed by atoms with Crippen LogP contribution in [0.2, 0.25) is 0 Å². The van der Waals surface area contributed by atoms with Crippen LogP contribution in [0.4, 0.5) is 0 Å². The largest absolute Gasteiger partial charge is 0.281 e. The highest BCUT2D eigenvalue weighted by Gasteiger charge is 2.42. The van der Waals surface area contributed by atoms with Crippen LogP contribution in [0.25, 0.3) is 0 Å². The van der Waals surface area contributed by atoms with Gasteiger partial charge in [-0.2, -0.15) is 17.0 Å². The van der Waals surface area contributed by atoms with E-state index in [1.54, 1.807) is 29.7 Å². The molecule has 0 spiro atoms. The third-order valence-corrected chi connectivity index (χ3v) is 7.51.